The van der Waals surface area contributed by atoms with Gasteiger partial charge in [-0.05, 0) is 23.0 Å². The summed E-state index contributed by atoms with van der Waals surface area (Å²) in [6.45, 7) is 14.2. The smallest absolute Gasteiger partial charge is 0.256 e. The molecule has 0 saturated carbocycles. The van der Waals surface area contributed by atoms with Crippen LogP contribution in [0.1, 0.15) is 71.7 Å². The molecule has 0 bridgehead atoms. The average Bonchev–Trinajstić information content (AvgIpc) is 3.46. The summed E-state index contributed by atoms with van der Waals surface area (Å²) in [6.07, 6.45) is 1.72. The number of hydrogen-bond acceptors (Lipinski definition) is 9. The molecule has 3 N–H and O–H groups in total. The Kier molecular flexibility index (Phi) is 8.16. The molecule has 194 valence electrons. The highest BCUT2D eigenvalue weighted by atomic mass is 32.2. The number of hydrogen-bond donors (Lipinski definition) is 3. The van der Waals surface area contributed by atoms with E-state index in [-0.39, 0.29) is 39.7 Å². The highest BCUT2D eigenvalue weighted by Gasteiger charge is 2.31. The summed E-state index contributed by atoms with van der Waals surface area (Å²) in [6, 6.07) is 1.55. The van der Waals surface area contributed by atoms with E-state index >= 15 is 0 Å². The van der Waals surface area contributed by atoms with Crippen LogP contribution in [0.2, 0.25) is 0 Å². The van der Waals surface area contributed by atoms with E-state index in [4.69, 9.17) is 9.41 Å². The highest BCUT2D eigenvalue weighted by molar-refractivity contribution is 7.91. The summed E-state index contributed by atoms with van der Waals surface area (Å²) in [5, 5.41) is 15.1. The number of aromatic nitrogens is 2. The lowest BCUT2D eigenvalue weighted by Gasteiger charge is -2.25. The fraction of sp³-hybridized carbons (Fsp3) is 0.545. The Balaban J connectivity index is 2.03. The van der Waals surface area contributed by atoms with Crippen molar-refractivity contribution in [2.24, 2.45) is 10.4 Å². The lowest BCUT2D eigenvalue weighted by Crippen LogP contribution is -2.30. The summed E-state index contributed by atoms with van der Waals surface area (Å²) < 4.78 is 51.7. The third kappa shape index (κ3) is 5.80. The van der Waals surface area contributed by atoms with Crippen molar-refractivity contribution >= 4 is 44.0 Å². The van der Waals surface area contributed by atoms with Gasteiger partial charge in [0.05, 0.1) is 12.0 Å². The van der Waals surface area contributed by atoms with Crippen LogP contribution in [0.15, 0.2) is 31.3 Å². The normalized spacial score (nSPS) is 14.8. The molecule has 3 aromatic rings. The van der Waals surface area contributed by atoms with Crippen LogP contribution in [0, 0.1) is 5.41 Å². The van der Waals surface area contributed by atoms with Crippen LogP contribution in [0.5, 0.6) is 5.75 Å². The van der Waals surface area contributed by atoms with Crippen molar-refractivity contribution in [2.45, 2.75) is 64.6 Å². The molecule has 2 atom stereocenters. The Morgan fingerprint density at radius 3 is 2.54 bits per heavy atom. The molecule has 0 aromatic carbocycles. The zero-order valence-corrected chi connectivity index (χ0v) is 23.4. The summed E-state index contributed by atoms with van der Waals surface area (Å²) in [7, 11) is -3.84. The van der Waals surface area contributed by atoms with E-state index in [9.17, 15) is 18.1 Å². The SMILES string of the molecule is CCN(CC)S(=O)(=O)c1scc(Nc2n[s+]([O-])[nH]c2=N[C@@H](c2cc(C(C)C)co2)C(C)(C)C)c1O. The molecule has 13 heteroatoms. The van der Waals surface area contributed by atoms with E-state index in [0.29, 0.717) is 11.7 Å². The zero-order chi connectivity index (χ0) is 26.1. The van der Waals surface area contributed by atoms with Crippen molar-refractivity contribution in [2.75, 3.05) is 18.4 Å². The monoisotopic (exact) mass is 543 g/mol. The van der Waals surface area contributed by atoms with Crippen LogP contribution in [-0.4, -0.2) is 44.2 Å². The number of nitrogens with zero attached hydrogens (tertiary/aromatic N) is 3. The van der Waals surface area contributed by atoms with Gasteiger partial charge in [-0.25, -0.2) is 13.4 Å². The highest BCUT2D eigenvalue weighted by Crippen LogP contribution is 2.41. The fourth-order valence-corrected chi connectivity index (χ4v) is 6.98. The largest absolute Gasteiger partial charge is 0.548 e. The molecular weight excluding hydrogens is 510 g/mol. The molecule has 10 nitrogen and oxygen atoms in total. The van der Waals surface area contributed by atoms with Gasteiger partial charge in [0.25, 0.3) is 10.0 Å². The number of sulfonamides is 1. The van der Waals surface area contributed by atoms with Gasteiger partial charge in [-0.15, -0.1) is 15.7 Å². The molecule has 3 rings (SSSR count). The number of furan rings is 1. The molecule has 3 heterocycles. The topological polar surface area (TPSA) is 147 Å². The van der Waals surface area contributed by atoms with E-state index in [2.05, 4.69) is 27.9 Å². The van der Waals surface area contributed by atoms with Crippen molar-refractivity contribution in [1.29, 1.82) is 0 Å². The zero-order valence-electron chi connectivity index (χ0n) is 20.9. The molecule has 0 aliphatic carbocycles. The molecule has 3 aromatic heterocycles. The minimum absolute atomic E-state index is 0.133. The maximum Gasteiger partial charge on any atom is 0.256 e. The first-order valence-electron chi connectivity index (χ1n) is 11.3. The Morgan fingerprint density at radius 2 is 2.00 bits per heavy atom. The van der Waals surface area contributed by atoms with Crippen molar-refractivity contribution < 1.29 is 22.5 Å². The first kappa shape index (κ1) is 27.4. The van der Waals surface area contributed by atoms with Gasteiger partial charge in [-0.2, -0.15) is 4.31 Å². The van der Waals surface area contributed by atoms with Crippen molar-refractivity contribution in [3.63, 3.8) is 0 Å². The van der Waals surface area contributed by atoms with Crippen molar-refractivity contribution in [3.05, 3.63) is 34.5 Å². The number of rotatable bonds is 9. The van der Waals surface area contributed by atoms with Crippen LogP contribution >= 0.6 is 22.5 Å². The third-order valence-electron chi connectivity index (χ3n) is 5.50. The average molecular weight is 544 g/mol. The van der Waals surface area contributed by atoms with Crippen LogP contribution in [-0.2, 0) is 10.0 Å². The van der Waals surface area contributed by atoms with Gasteiger partial charge in [0, 0.05) is 22.8 Å². The number of H-pyrrole nitrogens is 1. The van der Waals surface area contributed by atoms with Crippen LogP contribution < -0.4 is 10.8 Å². The van der Waals surface area contributed by atoms with Crippen molar-refractivity contribution in [3.8, 4) is 5.75 Å². The lowest BCUT2D eigenvalue weighted by molar-refractivity contribution is 0.282. The minimum atomic E-state index is -3.84. The predicted molar refractivity (Wildman–Crippen MR) is 137 cm³/mol. The molecule has 0 radical (unpaired) electrons. The minimum Gasteiger partial charge on any atom is -0.548 e. The predicted octanol–water partition coefficient (Wildman–Crippen LogP) is 5.08. The summed E-state index contributed by atoms with van der Waals surface area (Å²) in [5.41, 5.74) is 1.07. The second-order valence-corrected chi connectivity index (χ2v) is 13.4. The number of aromatic amines is 1. The van der Waals surface area contributed by atoms with Crippen LogP contribution in [0.25, 0.3) is 0 Å². The van der Waals surface area contributed by atoms with E-state index in [0.717, 1.165) is 16.9 Å². The van der Waals surface area contributed by atoms with Gasteiger partial charge >= 0.3 is 0 Å². The number of thiophene rings is 1. The summed E-state index contributed by atoms with van der Waals surface area (Å²) in [5.74, 6) is 0.674. The standard InChI is InChI=1S/C22H33N5O5S3/c1-8-27(9-2)35(30,31)21-17(28)15(12-33-21)23-19-20(26-34(29)25-19)24-18(22(5,6)7)16-10-14(11-32-16)13(3)4/h10-13,18,28H,8-9H2,1-7H3,(H,23,25)(H,24,26)/t18-,34?/m0/s1. The fourth-order valence-electron chi connectivity index (χ4n) is 3.49. The second-order valence-electron chi connectivity index (χ2n) is 9.47. The maximum absolute atomic E-state index is 12.9. The van der Waals surface area contributed by atoms with Gasteiger partial charge in [0.1, 0.15) is 11.8 Å². The Bertz CT molecular complexity index is 1320. The molecule has 0 aliphatic heterocycles. The molecule has 1 unspecified atom stereocenters. The second kappa shape index (κ2) is 10.4. The Hall–Kier alpha value is -2.19. The van der Waals surface area contributed by atoms with E-state index in [1.807, 2.05) is 26.8 Å². The molecular formula is C22H33N5O5S3. The van der Waals surface area contributed by atoms with E-state index < -0.39 is 33.0 Å². The summed E-state index contributed by atoms with van der Waals surface area (Å²) >= 11 is -0.876. The van der Waals surface area contributed by atoms with Gasteiger partial charge in [-0.1, -0.05) is 48.5 Å². The van der Waals surface area contributed by atoms with E-state index in [1.54, 1.807) is 20.1 Å². The first-order valence-corrected chi connectivity index (χ1v) is 14.7. The number of anilines is 2. The van der Waals surface area contributed by atoms with Gasteiger partial charge < -0.3 is 19.4 Å². The molecule has 0 saturated heterocycles. The van der Waals surface area contributed by atoms with Crippen LogP contribution in [0.3, 0.4) is 0 Å². The quantitative estimate of drug-likeness (QED) is 0.319. The molecule has 0 spiro atoms. The number of aromatic hydroxyl groups is 1. The Labute approximate surface area is 212 Å². The molecule has 35 heavy (non-hydrogen) atoms. The number of nitrogens with one attached hydrogen (secondary N) is 2. The van der Waals surface area contributed by atoms with Crippen molar-refractivity contribution in [1.82, 2.24) is 13.1 Å². The Morgan fingerprint density at radius 1 is 1.34 bits per heavy atom. The summed E-state index contributed by atoms with van der Waals surface area (Å²) in [4.78, 5) is 4.78. The third-order valence-corrected chi connectivity index (χ3v) is 9.76. The van der Waals surface area contributed by atoms with Crippen LogP contribution in [0.4, 0.5) is 11.5 Å². The lowest BCUT2D eigenvalue weighted by atomic mass is 9.85. The first-order chi connectivity index (χ1) is 16.3. The van der Waals surface area contributed by atoms with Gasteiger partial charge in [-0.3, -0.25) is 0 Å². The molecule has 0 aliphatic rings. The molecule has 0 amide bonds. The molecule has 0 fully saturated rings. The van der Waals surface area contributed by atoms with Gasteiger partial charge in [0.15, 0.2) is 21.1 Å². The van der Waals surface area contributed by atoms with E-state index in [1.165, 1.54) is 9.69 Å². The maximum atomic E-state index is 12.9. The van der Waals surface area contributed by atoms with Gasteiger partial charge in [0.2, 0.25) is 11.3 Å².